The molecule has 0 amide bonds. The smallest absolute Gasteiger partial charge is 0.0948 e. The Bertz CT molecular complexity index is 654. The summed E-state index contributed by atoms with van der Waals surface area (Å²) in [4.78, 5) is 4.20. The van der Waals surface area contributed by atoms with Gasteiger partial charge in [0.05, 0.1) is 18.2 Å². The number of hydrogen-bond donors (Lipinski definition) is 0. The summed E-state index contributed by atoms with van der Waals surface area (Å²) < 4.78 is 2.04. The van der Waals surface area contributed by atoms with Crippen LogP contribution in [0.4, 0.5) is 0 Å². The Morgan fingerprint density at radius 1 is 0.833 bits per heavy atom. The van der Waals surface area contributed by atoms with Crippen LogP contribution in [0.25, 0.3) is 22.4 Å². The molecule has 0 saturated heterocycles. The Hall–Kier alpha value is -2.35. The quantitative estimate of drug-likeness (QED) is 0.660. The van der Waals surface area contributed by atoms with Crippen molar-refractivity contribution in [1.29, 1.82) is 0 Å². The van der Waals surface area contributed by atoms with Crippen molar-refractivity contribution < 1.29 is 0 Å². The first-order valence-electron chi connectivity index (χ1n) is 5.97. The fraction of sp³-hybridized carbons (Fsp3) is 0.0625. The highest BCUT2D eigenvalue weighted by atomic mass is 15.0. The highest BCUT2D eigenvalue weighted by Crippen LogP contribution is 2.31. The first-order valence-corrected chi connectivity index (χ1v) is 5.97. The van der Waals surface area contributed by atoms with Gasteiger partial charge in [-0.25, -0.2) is 4.98 Å². The highest BCUT2D eigenvalue weighted by molar-refractivity contribution is 5.81. The van der Waals surface area contributed by atoms with E-state index in [-0.39, 0.29) is 0 Å². The molecule has 0 N–H and O–H groups in total. The summed E-state index contributed by atoms with van der Waals surface area (Å²) in [6, 6.07) is 18.9. The van der Waals surface area contributed by atoms with Crippen LogP contribution >= 0.6 is 0 Å². The normalized spacial score (nSPS) is 10.5. The molecule has 0 radical (unpaired) electrons. The van der Waals surface area contributed by atoms with E-state index in [2.05, 4.69) is 53.5 Å². The summed E-state index contributed by atoms with van der Waals surface area (Å²) in [6.45, 7) is 0. The number of hydrogen-bond acceptors (Lipinski definition) is 1. The molecule has 1 heterocycles. The van der Waals surface area contributed by atoms with Gasteiger partial charge in [-0.3, -0.25) is 0 Å². The third kappa shape index (κ3) is 1.82. The van der Waals surface area contributed by atoms with E-state index in [9.17, 15) is 0 Å². The topological polar surface area (TPSA) is 17.8 Å². The summed E-state index contributed by atoms with van der Waals surface area (Å²) in [5.74, 6) is 0. The zero-order chi connectivity index (χ0) is 12.4. The molecule has 0 saturated carbocycles. The van der Waals surface area contributed by atoms with E-state index in [1.54, 1.807) is 0 Å². The lowest BCUT2D eigenvalue weighted by Crippen LogP contribution is -1.91. The first-order chi connectivity index (χ1) is 8.86. The van der Waals surface area contributed by atoms with Gasteiger partial charge in [0.1, 0.15) is 0 Å². The summed E-state index contributed by atoms with van der Waals surface area (Å²) in [5, 5.41) is 0. The molecule has 0 aliphatic carbocycles. The molecule has 2 aromatic carbocycles. The second-order valence-electron chi connectivity index (χ2n) is 4.30. The summed E-state index contributed by atoms with van der Waals surface area (Å²) in [7, 11) is 2.02. The van der Waals surface area contributed by atoms with Crippen LogP contribution in [0.3, 0.4) is 0 Å². The minimum absolute atomic E-state index is 1.13. The Labute approximate surface area is 107 Å². The van der Waals surface area contributed by atoms with Gasteiger partial charge in [0.25, 0.3) is 0 Å². The van der Waals surface area contributed by atoms with Crippen LogP contribution in [-0.4, -0.2) is 9.55 Å². The van der Waals surface area contributed by atoms with Gasteiger partial charge in [-0.05, 0) is 11.1 Å². The predicted octanol–water partition coefficient (Wildman–Crippen LogP) is 3.75. The van der Waals surface area contributed by atoms with E-state index in [0.717, 1.165) is 5.69 Å². The molecule has 0 atom stereocenters. The number of aryl methyl sites for hydroxylation is 1. The van der Waals surface area contributed by atoms with Gasteiger partial charge in [0, 0.05) is 12.6 Å². The monoisotopic (exact) mass is 234 g/mol. The molecule has 3 aromatic rings. The molecule has 1 aromatic heterocycles. The second kappa shape index (κ2) is 4.49. The number of aromatic nitrogens is 2. The van der Waals surface area contributed by atoms with Crippen molar-refractivity contribution >= 4 is 0 Å². The molecular formula is C16H14N2. The van der Waals surface area contributed by atoms with Crippen molar-refractivity contribution in [3.63, 3.8) is 0 Å². The summed E-state index contributed by atoms with van der Waals surface area (Å²) >= 11 is 0. The Morgan fingerprint density at radius 3 is 2.17 bits per heavy atom. The van der Waals surface area contributed by atoms with Crippen molar-refractivity contribution in [1.82, 2.24) is 9.55 Å². The lowest BCUT2D eigenvalue weighted by atomic mass is 9.98. The molecule has 0 aliphatic heterocycles. The fourth-order valence-electron chi connectivity index (χ4n) is 2.19. The highest BCUT2D eigenvalue weighted by Gasteiger charge is 2.08. The third-order valence-electron chi connectivity index (χ3n) is 3.10. The number of rotatable bonds is 2. The molecule has 0 bridgehead atoms. The van der Waals surface area contributed by atoms with Gasteiger partial charge in [-0.2, -0.15) is 0 Å². The summed E-state index contributed by atoms with van der Waals surface area (Å²) in [5.41, 5.74) is 4.81. The van der Waals surface area contributed by atoms with Gasteiger partial charge < -0.3 is 4.57 Å². The maximum absolute atomic E-state index is 4.20. The van der Waals surface area contributed by atoms with E-state index >= 15 is 0 Å². The van der Waals surface area contributed by atoms with Crippen molar-refractivity contribution in [2.24, 2.45) is 7.05 Å². The van der Waals surface area contributed by atoms with Crippen molar-refractivity contribution in [2.75, 3.05) is 0 Å². The molecule has 0 spiro atoms. The van der Waals surface area contributed by atoms with E-state index in [1.807, 2.05) is 30.2 Å². The van der Waals surface area contributed by atoms with Crippen LogP contribution in [0.5, 0.6) is 0 Å². The minimum atomic E-state index is 1.13. The lowest BCUT2D eigenvalue weighted by Gasteiger charge is -2.10. The number of nitrogens with zero attached hydrogens (tertiary/aromatic N) is 2. The van der Waals surface area contributed by atoms with Gasteiger partial charge in [-0.15, -0.1) is 0 Å². The molecule has 0 aliphatic rings. The third-order valence-corrected chi connectivity index (χ3v) is 3.10. The van der Waals surface area contributed by atoms with Gasteiger partial charge >= 0.3 is 0 Å². The maximum Gasteiger partial charge on any atom is 0.0948 e. The van der Waals surface area contributed by atoms with E-state index in [1.165, 1.54) is 16.7 Å². The molecule has 18 heavy (non-hydrogen) atoms. The molecule has 0 fully saturated rings. The van der Waals surface area contributed by atoms with Gasteiger partial charge in [0.15, 0.2) is 0 Å². The molecule has 3 rings (SSSR count). The molecular weight excluding hydrogens is 220 g/mol. The lowest BCUT2D eigenvalue weighted by molar-refractivity contribution is 0.921. The second-order valence-corrected chi connectivity index (χ2v) is 4.30. The Morgan fingerprint density at radius 2 is 1.50 bits per heavy atom. The SMILES string of the molecule is Cn1cncc1-c1ccccc1-c1ccccc1. The summed E-state index contributed by atoms with van der Waals surface area (Å²) in [6.07, 6.45) is 3.74. The van der Waals surface area contributed by atoms with Crippen LogP contribution in [-0.2, 0) is 7.05 Å². The van der Waals surface area contributed by atoms with E-state index in [0.29, 0.717) is 0 Å². The molecule has 2 heteroatoms. The zero-order valence-electron chi connectivity index (χ0n) is 10.2. The zero-order valence-corrected chi connectivity index (χ0v) is 10.2. The van der Waals surface area contributed by atoms with Crippen LogP contribution < -0.4 is 0 Å². The van der Waals surface area contributed by atoms with Crippen molar-refractivity contribution in [2.45, 2.75) is 0 Å². The van der Waals surface area contributed by atoms with Crippen LogP contribution in [0.2, 0.25) is 0 Å². The number of imidazole rings is 1. The predicted molar refractivity (Wildman–Crippen MR) is 74.1 cm³/mol. The van der Waals surface area contributed by atoms with Crippen molar-refractivity contribution in [3.8, 4) is 22.4 Å². The number of benzene rings is 2. The maximum atomic E-state index is 4.20. The van der Waals surface area contributed by atoms with Gasteiger partial charge in [0.2, 0.25) is 0 Å². The first kappa shape index (κ1) is 10.8. The van der Waals surface area contributed by atoms with E-state index in [4.69, 9.17) is 0 Å². The average molecular weight is 234 g/mol. The van der Waals surface area contributed by atoms with E-state index < -0.39 is 0 Å². The minimum Gasteiger partial charge on any atom is -0.334 e. The van der Waals surface area contributed by atoms with Crippen LogP contribution in [0.1, 0.15) is 0 Å². The molecule has 0 unspecified atom stereocenters. The molecule has 2 nitrogen and oxygen atoms in total. The van der Waals surface area contributed by atoms with Gasteiger partial charge in [-0.1, -0.05) is 54.6 Å². The fourth-order valence-corrected chi connectivity index (χ4v) is 2.19. The van der Waals surface area contributed by atoms with Crippen molar-refractivity contribution in [3.05, 3.63) is 67.1 Å². The Balaban J connectivity index is 2.21. The largest absolute Gasteiger partial charge is 0.334 e. The van der Waals surface area contributed by atoms with Crippen LogP contribution in [0, 0.1) is 0 Å². The Kier molecular flexibility index (Phi) is 2.69. The average Bonchev–Trinajstić information content (AvgIpc) is 2.86. The standard InChI is InChI=1S/C16H14N2/c1-18-12-17-11-16(18)15-10-6-5-9-14(15)13-7-3-2-4-8-13/h2-12H,1H3. The molecule has 88 valence electrons. The van der Waals surface area contributed by atoms with Crippen LogP contribution in [0.15, 0.2) is 67.1 Å².